The summed E-state index contributed by atoms with van der Waals surface area (Å²) < 4.78 is 5.44. The second-order valence-corrected chi connectivity index (χ2v) is 6.23. The summed E-state index contributed by atoms with van der Waals surface area (Å²) in [4.78, 5) is 1.20. The lowest BCUT2D eigenvalue weighted by Gasteiger charge is -2.27. The van der Waals surface area contributed by atoms with Gasteiger partial charge in [0.25, 0.3) is 0 Å². The zero-order valence-electron chi connectivity index (χ0n) is 9.99. The zero-order valence-corrected chi connectivity index (χ0v) is 11.6. The minimum Gasteiger partial charge on any atom is -0.398 e. The van der Waals surface area contributed by atoms with Gasteiger partial charge in [-0.2, -0.15) is 0 Å². The molecule has 4 heteroatoms. The third kappa shape index (κ3) is 3.54. The molecule has 1 aliphatic rings. The molecule has 0 radical (unpaired) electrons. The summed E-state index contributed by atoms with van der Waals surface area (Å²) in [6.07, 6.45) is 5.25. The van der Waals surface area contributed by atoms with Gasteiger partial charge in [0.05, 0.1) is 16.8 Å². The Bertz CT molecular complexity index is 386. The SMILES string of the molecule is COC1CCCC(Sc2ccc(N)c(Cl)c2)C1. The zero-order chi connectivity index (χ0) is 12.3. The van der Waals surface area contributed by atoms with Gasteiger partial charge in [0, 0.05) is 17.3 Å². The maximum atomic E-state index is 6.02. The van der Waals surface area contributed by atoms with Crippen molar-refractivity contribution >= 4 is 29.1 Å². The van der Waals surface area contributed by atoms with Gasteiger partial charge in [0.15, 0.2) is 0 Å². The number of thioether (sulfide) groups is 1. The standard InChI is InChI=1S/C13H18ClNOS/c1-16-9-3-2-4-10(7-9)17-11-5-6-13(15)12(14)8-11/h5-6,8-10H,2-4,7,15H2,1H3. The van der Waals surface area contributed by atoms with E-state index >= 15 is 0 Å². The van der Waals surface area contributed by atoms with Gasteiger partial charge in [-0.25, -0.2) is 0 Å². The van der Waals surface area contributed by atoms with E-state index in [9.17, 15) is 0 Å². The number of nitrogens with two attached hydrogens (primary N) is 1. The highest BCUT2D eigenvalue weighted by molar-refractivity contribution is 8.00. The number of hydrogen-bond donors (Lipinski definition) is 1. The van der Waals surface area contributed by atoms with Crippen molar-refractivity contribution in [3.63, 3.8) is 0 Å². The molecule has 1 aromatic rings. The van der Waals surface area contributed by atoms with Crippen LogP contribution in [0.5, 0.6) is 0 Å². The smallest absolute Gasteiger partial charge is 0.0646 e. The van der Waals surface area contributed by atoms with Crippen LogP contribution in [0.25, 0.3) is 0 Å². The van der Waals surface area contributed by atoms with E-state index < -0.39 is 0 Å². The van der Waals surface area contributed by atoms with Crippen LogP contribution >= 0.6 is 23.4 Å². The molecule has 0 aliphatic heterocycles. The van der Waals surface area contributed by atoms with E-state index in [-0.39, 0.29) is 0 Å². The summed E-state index contributed by atoms with van der Waals surface area (Å²) in [6, 6.07) is 5.88. The normalized spacial score (nSPS) is 24.8. The molecule has 2 nitrogen and oxygen atoms in total. The average Bonchev–Trinajstić information content (AvgIpc) is 2.34. The largest absolute Gasteiger partial charge is 0.398 e. The van der Waals surface area contributed by atoms with Crippen LogP contribution in [0, 0.1) is 0 Å². The Kier molecular flexibility index (Phi) is 4.60. The van der Waals surface area contributed by atoms with Crippen LogP contribution in [0.2, 0.25) is 5.02 Å². The van der Waals surface area contributed by atoms with Crippen molar-refractivity contribution in [2.24, 2.45) is 0 Å². The highest BCUT2D eigenvalue weighted by Gasteiger charge is 2.22. The first kappa shape index (κ1) is 13.1. The number of methoxy groups -OCH3 is 1. The molecule has 0 bridgehead atoms. The number of nitrogen functional groups attached to an aromatic ring is 1. The Hall–Kier alpha value is -0.380. The Morgan fingerprint density at radius 3 is 2.94 bits per heavy atom. The van der Waals surface area contributed by atoms with Gasteiger partial charge in [-0.3, -0.25) is 0 Å². The molecule has 2 rings (SSSR count). The Morgan fingerprint density at radius 1 is 1.41 bits per heavy atom. The molecule has 94 valence electrons. The van der Waals surface area contributed by atoms with Crippen LogP contribution in [0.4, 0.5) is 5.69 Å². The van der Waals surface area contributed by atoms with Crippen LogP contribution in [-0.2, 0) is 4.74 Å². The maximum absolute atomic E-state index is 6.02. The Labute approximate surface area is 112 Å². The molecule has 1 fully saturated rings. The summed E-state index contributed by atoms with van der Waals surface area (Å²) in [5.74, 6) is 0. The number of hydrogen-bond acceptors (Lipinski definition) is 3. The van der Waals surface area contributed by atoms with Crippen molar-refractivity contribution < 1.29 is 4.74 Å². The van der Waals surface area contributed by atoms with Crippen molar-refractivity contribution in [1.29, 1.82) is 0 Å². The number of anilines is 1. The highest BCUT2D eigenvalue weighted by Crippen LogP contribution is 2.36. The summed E-state index contributed by atoms with van der Waals surface area (Å²) >= 11 is 7.91. The monoisotopic (exact) mass is 271 g/mol. The van der Waals surface area contributed by atoms with Gasteiger partial charge < -0.3 is 10.5 Å². The van der Waals surface area contributed by atoms with Gasteiger partial charge in [0.2, 0.25) is 0 Å². The lowest BCUT2D eigenvalue weighted by Crippen LogP contribution is -2.23. The van der Waals surface area contributed by atoms with Crippen LogP contribution in [0.1, 0.15) is 25.7 Å². The minimum atomic E-state index is 0.422. The van der Waals surface area contributed by atoms with E-state index in [0.29, 0.717) is 22.1 Å². The van der Waals surface area contributed by atoms with Gasteiger partial charge in [-0.05, 0) is 43.9 Å². The first-order valence-electron chi connectivity index (χ1n) is 5.93. The molecule has 1 aromatic carbocycles. The van der Waals surface area contributed by atoms with Crippen molar-refractivity contribution in [3.05, 3.63) is 23.2 Å². The van der Waals surface area contributed by atoms with E-state index in [4.69, 9.17) is 22.1 Å². The molecule has 0 spiro atoms. The second kappa shape index (κ2) is 5.98. The molecular weight excluding hydrogens is 254 g/mol. The number of ether oxygens (including phenoxy) is 1. The summed E-state index contributed by atoms with van der Waals surface area (Å²) in [7, 11) is 1.80. The number of halogens is 1. The summed E-state index contributed by atoms with van der Waals surface area (Å²) in [6.45, 7) is 0. The highest BCUT2D eigenvalue weighted by atomic mass is 35.5. The van der Waals surface area contributed by atoms with E-state index in [0.717, 1.165) is 6.42 Å². The minimum absolute atomic E-state index is 0.422. The van der Waals surface area contributed by atoms with E-state index in [1.54, 1.807) is 7.11 Å². The molecule has 2 N–H and O–H groups in total. The van der Waals surface area contributed by atoms with Gasteiger partial charge in [0.1, 0.15) is 0 Å². The van der Waals surface area contributed by atoms with Crippen molar-refractivity contribution in [2.45, 2.75) is 41.9 Å². The van der Waals surface area contributed by atoms with E-state index in [2.05, 4.69) is 0 Å². The molecule has 0 amide bonds. The first-order valence-corrected chi connectivity index (χ1v) is 7.19. The molecular formula is C13H18ClNOS. The molecule has 17 heavy (non-hydrogen) atoms. The van der Waals surface area contributed by atoms with Gasteiger partial charge in [-0.15, -0.1) is 11.8 Å². The fourth-order valence-electron chi connectivity index (χ4n) is 2.20. The molecule has 0 heterocycles. The second-order valence-electron chi connectivity index (χ2n) is 4.45. The fourth-order valence-corrected chi connectivity index (χ4v) is 3.75. The summed E-state index contributed by atoms with van der Waals surface area (Å²) in [5, 5.41) is 1.28. The van der Waals surface area contributed by atoms with E-state index in [1.807, 2.05) is 30.0 Å². The lowest BCUT2D eigenvalue weighted by atomic mass is 9.97. The predicted octanol–water partition coefficient (Wildman–Crippen LogP) is 3.97. The number of rotatable bonds is 3. The Morgan fingerprint density at radius 2 is 2.24 bits per heavy atom. The average molecular weight is 272 g/mol. The molecule has 0 aromatic heterocycles. The number of benzene rings is 1. The van der Waals surface area contributed by atoms with Gasteiger partial charge >= 0.3 is 0 Å². The topological polar surface area (TPSA) is 35.2 Å². The van der Waals surface area contributed by atoms with Crippen LogP contribution < -0.4 is 5.73 Å². The fraction of sp³-hybridized carbons (Fsp3) is 0.538. The molecule has 0 saturated heterocycles. The first-order chi connectivity index (χ1) is 8.19. The lowest BCUT2D eigenvalue weighted by molar-refractivity contribution is 0.0730. The third-order valence-corrected chi connectivity index (χ3v) is 4.80. The van der Waals surface area contributed by atoms with Crippen LogP contribution in [0.15, 0.2) is 23.1 Å². The molecule has 1 saturated carbocycles. The van der Waals surface area contributed by atoms with Crippen molar-refractivity contribution in [1.82, 2.24) is 0 Å². The quantitative estimate of drug-likeness (QED) is 0.845. The molecule has 1 aliphatic carbocycles. The van der Waals surface area contributed by atoms with Crippen LogP contribution in [-0.4, -0.2) is 18.5 Å². The van der Waals surface area contributed by atoms with Gasteiger partial charge in [-0.1, -0.05) is 11.6 Å². The maximum Gasteiger partial charge on any atom is 0.0646 e. The van der Waals surface area contributed by atoms with Crippen molar-refractivity contribution in [3.8, 4) is 0 Å². The Balaban J connectivity index is 1.97. The van der Waals surface area contributed by atoms with Crippen molar-refractivity contribution in [2.75, 3.05) is 12.8 Å². The molecule has 2 unspecified atom stereocenters. The van der Waals surface area contributed by atoms with E-state index in [1.165, 1.54) is 24.2 Å². The molecule has 2 atom stereocenters. The van der Waals surface area contributed by atoms with Crippen LogP contribution in [0.3, 0.4) is 0 Å². The summed E-state index contributed by atoms with van der Waals surface area (Å²) in [5.41, 5.74) is 6.35. The predicted molar refractivity (Wildman–Crippen MR) is 74.8 cm³/mol. The third-order valence-electron chi connectivity index (χ3n) is 3.19.